The molecule has 0 spiro atoms. The maximum atomic E-state index is 12.4. The molecule has 0 unspecified atom stereocenters. The topological polar surface area (TPSA) is 111 Å². The van der Waals surface area contributed by atoms with Crippen molar-refractivity contribution < 1.29 is 14.7 Å². The average molecular weight is 400 g/mol. The number of aromatic amines is 1. The molecule has 1 aliphatic heterocycles. The molecule has 2 aromatic heterocycles. The summed E-state index contributed by atoms with van der Waals surface area (Å²) in [6.45, 7) is 0.494. The van der Waals surface area contributed by atoms with Crippen molar-refractivity contribution in [3.8, 4) is 0 Å². The Hall–Kier alpha value is -1.78. The molecule has 10 heteroatoms. The highest BCUT2D eigenvalue weighted by Gasteiger charge is 2.35. The van der Waals surface area contributed by atoms with E-state index in [2.05, 4.69) is 35.8 Å². The summed E-state index contributed by atoms with van der Waals surface area (Å²) in [7, 11) is 0. The van der Waals surface area contributed by atoms with Gasteiger partial charge in [0.2, 0.25) is 0 Å². The Kier molecular flexibility index (Phi) is 4.74. The summed E-state index contributed by atoms with van der Waals surface area (Å²) < 4.78 is 4.65. The van der Waals surface area contributed by atoms with E-state index in [9.17, 15) is 14.7 Å². The van der Waals surface area contributed by atoms with E-state index < -0.39 is 6.10 Å². The lowest BCUT2D eigenvalue weighted by Crippen LogP contribution is -2.43. The standard InChI is InChI=1S/C13H14BrN5O3S/c14-10-6-23-18-11(10)12(21)15-4-8-1-9(20)5-19(8)13(22)7-2-16-17-3-7/h2-3,6,8-9,20H,1,4-5H2,(H,15,21)(H,16,17)/t8-,9+/m0/s1. The summed E-state index contributed by atoms with van der Waals surface area (Å²) in [6.07, 6.45) is 2.77. The van der Waals surface area contributed by atoms with Gasteiger partial charge in [-0.25, -0.2) is 0 Å². The van der Waals surface area contributed by atoms with E-state index in [1.807, 2.05) is 0 Å². The number of hydrogen-bond donors (Lipinski definition) is 3. The van der Waals surface area contributed by atoms with Crippen LogP contribution in [0.4, 0.5) is 0 Å². The fourth-order valence-corrected chi connectivity index (χ4v) is 3.72. The monoisotopic (exact) mass is 399 g/mol. The van der Waals surface area contributed by atoms with Crippen LogP contribution >= 0.6 is 27.5 Å². The van der Waals surface area contributed by atoms with Gasteiger partial charge in [-0.3, -0.25) is 14.7 Å². The van der Waals surface area contributed by atoms with Gasteiger partial charge in [-0.05, 0) is 33.9 Å². The molecule has 8 nitrogen and oxygen atoms in total. The number of aromatic nitrogens is 3. The molecule has 1 saturated heterocycles. The Morgan fingerprint density at radius 1 is 1.57 bits per heavy atom. The summed E-state index contributed by atoms with van der Waals surface area (Å²) in [5.74, 6) is -0.528. The summed E-state index contributed by atoms with van der Waals surface area (Å²) in [5, 5.41) is 20.7. The largest absolute Gasteiger partial charge is 0.391 e. The number of aliphatic hydroxyl groups is 1. The summed E-state index contributed by atoms with van der Waals surface area (Å²) in [5.41, 5.74) is 0.749. The van der Waals surface area contributed by atoms with Gasteiger partial charge in [-0.2, -0.15) is 9.47 Å². The molecular formula is C13H14BrN5O3S. The molecule has 0 aliphatic carbocycles. The molecule has 1 fully saturated rings. The van der Waals surface area contributed by atoms with Gasteiger partial charge in [0.25, 0.3) is 11.8 Å². The van der Waals surface area contributed by atoms with Crippen molar-refractivity contribution >= 4 is 39.3 Å². The first-order valence-corrected chi connectivity index (χ1v) is 8.55. The molecule has 2 atom stereocenters. The van der Waals surface area contributed by atoms with Crippen LogP contribution in [0, 0.1) is 0 Å². The van der Waals surface area contributed by atoms with Gasteiger partial charge >= 0.3 is 0 Å². The number of rotatable bonds is 4. The predicted octanol–water partition coefficient (Wildman–Crippen LogP) is 0.634. The number of hydrogen-bond acceptors (Lipinski definition) is 6. The highest BCUT2D eigenvalue weighted by Crippen LogP contribution is 2.21. The first-order chi connectivity index (χ1) is 11.1. The lowest BCUT2D eigenvalue weighted by atomic mass is 10.2. The van der Waals surface area contributed by atoms with E-state index in [0.29, 0.717) is 22.2 Å². The molecule has 2 amide bonds. The fourth-order valence-electron chi connectivity index (χ4n) is 2.54. The zero-order chi connectivity index (χ0) is 16.4. The van der Waals surface area contributed by atoms with Crippen LogP contribution in [-0.4, -0.2) is 61.6 Å². The molecule has 0 bridgehead atoms. The lowest BCUT2D eigenvalue weighted by molar-refractivity contribution is 0.0707. The Morgan fingerprint density at radius 2 is 2.39 bits per heavy atom. The first-order valence-electron chi connectivity index (χ1n) is 6.92. The van der Waals surface area contributed by atoms with Crippen LogP contribution in [0.3, 0.4) is 0 Å². The summed E-state index contributed by atoms with van der Waals surface area (Å²) in [4.78, 5) is 26.1. The average Bonchev–Trinajstić information content (AvgIpc) is 3.24. The van der Waals surface area contributed by atoms with E-state index >= 15 is 0 Å². The Labute approximate surface area is 144 Å². The number of β-amino-alcohol motifs (C(OH)–C–C–N with tert-alkyl or cyclic N) is 1. The van der Waals surface area contributed by atoms with Gasteiger partial charge in [-0.1, -0.05) is 0 Å². The number of amides is 2. The normalized spacial score (nSPS) is 20.7. The van der Waals surface area contributed by atoms with Crippen molar-refractivity contribution in [3.63, 3.8) is 0 Å². The van der Waals surface area contributed by atoms with Crippen LogP contribution in [-0.2, 0) is 0 Å². The van der Waals surface area contributed by atoms with Crippen molar-refractivity contribution in [3.05, 3.63) is 33.5 Å². The van der Waals surface area contributed by atoms with Gasteiger partial charge in [0, 0.05) is 24.7 Å². The minimum atomic E-state index is -0.598. The maximum Gasteiger partial charge on any atom is 0.272 e. The van der Waals surface area contributed by atoms with Crippen LogP contribution in [0.15, 0.2) is 22.2 Å². The molecule has 0 radical (unpaired) electrons. The van der Waals surface area contributed by atoms with Gasteiger partial charge < -0.3 is 15.3 Å². The molecule has 0 aromatic carbocycles. The van der Waals surface area contributed by atoms with Gasteiger partial charge in [-0.15, -0.1) is 0 Å². The zero-order valence-corrected chi connectivity index (χ0v) is 14.3. The molecule has 1 aliphatic rings. The third kappa shape index (κ3) is 3.43. The highest BCUT2D eigenvalue weighted by atomic mass is 79.9. The van der Waals surface area contributed by atoms with Crippen molar-refractivity contribution in [2.75, 3.05) is 13.1 Å². The van der Waals surface area contributed by atoms with E-state index in [-0.39, 0.29) is 30.9 Å². The van der Waals surface area contributed by atoms with Crippen LogP contribution in [0.5, 0.6) is 0 Å². The van der Waals surface area contributed by atoms with Gasteiger partial charge in [0.15, 0.2) is 5.69 Å². The minimum absolute atomic E-state index is 0.218. The Bertz CT molecular complexity index is 704. The Balaban J connectivity index is 1.65. The highest BCUT2D eigenvalue weighted by molar-refractivity contribution is 9.10. The fraction of sp³-hybridized carbons (Fsp3) is 0.385. The van der Waals surface area contributed by atoms with Crippen molar-refractivity contribution in [1.82, 2.24) is 24.8 Å². The smallest absolute Gasteiger partial charge is 0.272 e. The maximum absolute atomic E-state index is 12.4. The molecule has 3 N–H and O–H groups in total. The molecule has 122 valence electrons. The van der Waals surface area contributed by atoms with Crippen LogP contribution in [0.2, 0.25) is 0 Å². The lowest BCUT2D eigenvalue weighted by Gasteiger charge is -2.24. The second kappa shape index (κ2) is 6.77. The number of halogens is 1. The number of carbonyl (C=O) groups excluding carboxylic acids is 2. The van der Waals surface area contributed by atoms with Crippen molar-refractivity contribution in [2.45, 2.75) is 18.6 Å². The first kappa shape index (κ1) is 16.1. The van der Waals surface area contributed by atoms with Gasteiger partial charge in [0.05, 0.1) is 28.4 Å². The van der Waals surface area contributed by atoms with Crippen molar-refractivity contribution in [2.24, 2.45) is 0 Å². The zero-order valence-electron chi connectivity index (χ0n) is 11.9. The Morgan fingerprint density at radius 3 is 3.04 bits per heavy atom. The van der Waals surface area contributed by atoms with E-state index in [1.165, 1.54) is 23.9 Å². The molecular weight excluding hydrogens is 386 g/mol. The minimum Gasteiger partial charge on any atom is -0.391 e. The number of nitrogens with zero attached hydrogens (tertiary/aromatic N) is 3. The number of nitrogens with one attached hydrogen (secondary N) is 2. The number of carbonyl (C=O) groups is 2. The molecule has 3 rings (SSSR count). The predicted molar refractivity (Wildman–Crippen MR) is 86.2 cm³/mol. The van der Waals surface area contributed by atoms with Crippen LogP contribution < -0.4 is 5.32 Å². The van der Waals surface area contributed by atoms with Gasteiger partial charge in [0.1, 0.15) is 0 Å². The second-order valence-corrected chi connectivity index (χ2v) is 6.69. The molecule has 3 heterocycles. The third-order valence-electron chi connectivity index (χ3n) is 3.64. The van der Waals surface area contributed by atoms with E-state index in [0.717, 1.165) is 0 Å². The molecule has 2 aromatic rings. The summed E-state index contributed by atoms with van der Waals surface area (Å²) in [6, 6.07) is -0.270. The van der Waals surface area contributed by atoms with E-state index in [1.54, 1.807) is 10.3 Å². The second-order valence-electron chi connectivity index (χ2n) is 5.21. The van der Waals surface area contributed by atoms with Crippen LogP contribution in [0.1, 0.15) is 27.3 Å². The molecule has 0 saturated carbocycles. The quantitative estimate of drug-likeness (QED) is 0.698. The number of H-pyrrole nitrogens is 1. The molecule has 23 heavy (non-hydrogen) atoms. The third-order valence-corrected chi connectivity index (χ3v) is 5.17. The number of likely N-dealkylation sites (tertiary alicyclic amines) is 1. The van der Waals surface area contributed by atoms with Crippen molar-refractivity contribution in [1.29, 1.82) is 0 Å². The number of aliphatic hydroxyl groups excluding tert-OH is 1. The van der Waals surface area contributed by atoms with Crippen LogP contribution in [0.25, 0.3) is 0 Å². The van der Waals surface area contributed by atoms with E-state index in [4.69, 9.17) is 0 Å². The summed E-state index contributed by atoms with van der Waals surface area (Å²) >= 11 is 4.45. The SMILES string of the molecule is O=C(NC[C@@H]1C[C@@H](O)CN1C(=O)c1cn[nH]c1)c1nscc1Br.